The van der Waals surface area contributed by atoms with Gasteiger partial charge in [-0.1, -0.05) is 29.3 Å². The first kappa shape index (κ1) is 19.9. The SMILES string of the molecule is C[C@H](NC(=O)CN1CCN(c2ccc(F)cc2)CC1)c1ccc(Cl)c(Cl)c1. The van der Waals surface area contributed by atoms with Gasteiger partial charge in [-0.2, -0.15) is 0 Å². The maximum absolute atomic E-state index is 13.0. The Morgan fingerprint density at radius 3 is 2.37 bits per heavy atom. The van der Waals surface area contributed by atoms with Crippen LogP contribution < -0.4 is 10.2 Å². The molecule has 1 aliphatic heterocycles. The Hall–Kier alpha value is -1.82. The molecule has 4 nitrogen and oxygen atoms in total. The fourth-order valence-corrected chi connectivity index (χ4v) is 3.48. The molecule has 1 heterocycles. The zero-order valence-electron chi connectivity index (χ0n) is 15.1. The van der Waals surface area contributed by atoms with Crippen molar-refractivity contribution in [1.82, 2.24) is 10.2 Å². The van der Waals surface area contributed by atoms with Gasteiger partial charge >= 0.3 is 0 Å². The Morgan fingerprint density at radius 2 is 1.74 bits per heavy atom. The van der Waals surface area contributed by atoms with E-state index < -0.39 is 0 Å². The number of nitrogens with zero attached hydrogens (tertiary/aromatic N) is 2. The molecule has 3 rings (SSSR count). The highest BCUT2D eigenvalue weighted by Gasteiger charge is 2.20. The molecule has 0 radical (unpaired) electrons. The Bertz CT molecular complexity index is 792. The van der Waals surface area contributed by atoms with E-state index in [1.54, 1.807) is 24.3 Å². The molecule has 0 saturated carbocycles. The van der Waals surface area contributed by atoms with Crippen LogP contribution in [0.25, 0.3) is 0 Å². The molecule has 144 valence electrons. The van der Waals surface area contributed by atoms with Crippen molar-refractivity contribution in [1.29, 1.82) is 0 Å². The Morgan fingerprint density at radius 1 is 1.07 bits per heavy atom. The molecule has 1 N–H and O–H groups in total. The number of carbonyl (C=O) groups is 1. The average molecular weight is 410 g/mol. The molecule has 0 unspecified atom stereocenters. The number of benzene rings is 2. The fourth-order valence-electron chi connectivity index (χ4n) is 3.17. The second-order valence-electron chi connectivity index (χ2n) is 6.70. The predicted octanol–water partition coefficient (Wildman–Crippen LogP) is 4.13. The van der Waals surface area contributed by atoms with Gasteiger partial charge < -0.3 is 10.2 Å². The first-order chi connectivity index (χ1) is 12.9. The number of carbonyl (C=O) groups excluding carboxylic acids is 1. The van der Waals surface area contributed by atoms with E-state index in [1.165, 1.54) is 12.1 Å². The summed E-state index contributed by atoms with van der Waals surface area (Å²) in [5, 5.41) is 3.98. The van der Waals surface area contributed by atoms with Crippen molar-refractivity contribution in [2.45, 2.75) is 13.0 Å². The van der Waals surface area contributed by atoms with E-state index >= 15 is 0 Å². The molecule has 1 saturated heterocycles. The van der Waals surface area contributed by atoms with Crippen LogP contribution in [0.3, 0.4) is 0 Å². The van der Waals surface area contributed by atoms with Crippen molar-refractivity contribution in [3.63, 3.8) is 0 Å². The molecule has 2 aromatic rings. The van der Waals surface area contributed by atoms with E-state index in [4.69, 9.17) is 23.2 Å². The van der Waals surface area contributed by atoms with E-state index in [2.05, 4.69) is 15.1 Å². The number of rotatable bonds is 5. The van der Waals surface area contributed by atoms with E-state index in [0.29, 0.717) is 16.6 Å². The van der Waals surface area contributed by atoms with E-state index in [1.807, 2.05) is 13.0 Å². The smallest absolute Gasteiger partial charge is 0.234 e. The average Bonchev–Trinajstić information content (AvgIpc) is 2.65. The van der Waals surface area contributed by atoms with Crippen molar-refractivity contribution < 1.29 is 9.18 Å². The molecule has 0 aliphatic carbocycles. The highest BCUT2D eigenvalue weighted by Crippen LogP contribution is 2.25. The molecule has 1 amide bonds. The molecular weight excluding hydrogens is 388 g/mol. The molecule has 1 atom stereocenters. The zero-order valence-corrected chi connectivity index (χ0v) is 16.6. The minimum atomic E-state index is -0.231. The van der Waals surface area contributed by atoms with Gasteiger partial charge in [-0.05, 0) is 48.9 Å². The molecule has 1 aliphatic rings. The predicted molar refractivity (Wildman–Crippen MR) is 108 cm³/mol. The van der Waals surface area contributed by atoms with Gasteiger partial charge in [-0.15, -0.1) is 0 Å². The number of halogens is 3. The van der Waals surface area contributed by atoms with Gasteiger partial charge in [-0.3, -0.25) is 9.69 Å². The molecule has 0 bridgehead atoms. The highest BCUT2D eigenvalue weighted by molar-refractivity contribution is 6.42. The lowest BCUT2D eigenvalue weighted by atomic mass is 10.1. The Balaban J connectivity index is 1.47. The standard InChI is InChI=1S/C20H22Cl2FN3O/c1-14(15-2-7-18(21)19(22)12-15)24-20(27)13-25-8-10-26(11-9-25)17-5-3-16(23)4-6-17/h2-7,12,14H,8-11,13H2,1H3,(H,24,27)/t14-/m0/s1. The van der Waals surface area contributed by atoms with Crippen LogP contribution in [0.5, 0.6) is 0 Å². The third-order valence-electron chi connectivity index (χ3n) is 4.75. The topological polar surface area (TPSA) is 35.6 Å². The quantitative estimate of drug-likeness (QED) is 0.805. The molecule has 2 aromatic carbocycles. The van der Waals surface area contributed by atoms with Gasteiger partial charge in [0.1, 0.15) is 5.82 Å². The molecule has 0 spiro atoms. The molecule has 27 heavy (non-hydrogen) atoms. The summed E-state index contributed by atoms with van der Waals surface area (Å²) in [4.78, 5) is 16.7. The number of amides is 1. The minimum Gasteiger partial charge on any atom is -0.369 e. The summed E-state index contributed by atoms with van der Waals surface area (Å²) < 4.78 is 13.0. The molecule has 0 aromatic heterocycles. The number of hydrogen-bond acceptors (Lipinski definition) is 3. The van der Waals surface area contributed by atoms with Gasteiger partial charge in [0, 0.05) is 31.9 Å². The van der Waals surface area contributed by atoms with Crippen LogP contribution in [0.2, 0.25) is 10.0 Å². The normalized spacial score (nSPS) is 16.2. The molecular formula is C20H22Cl2FN3O. The lowest BCUT2D eigenvalue weighted by Crippen LogP contribution is -2.49. The van der Waals surface area contributed by atoms with Crippen molar-refractivity contribution >= 4 is 34.8 Å². The molecule has 1 fully saturated rings. The minimum absolute atomic E-state index is 0.0243. The first-order valence-corrected chi connectivity index (χ1v) is 9.65. The van der Waals surface area contributed by atoms with Crippen LogP contribution in [-0.4, -0.2) is 43.5 Å². The largest absolute Gasteiger partial charge is 0.369 e. The highest BCUT2D eigenvalue weighted by atomic mass is 35.5. The monoisotopic (exact) mass is 409 g/mol. The number of hydrogen-bond donors (Lipinski definition) is 1. The lowest BCUT2D eigenvalue weighted by molar-refractivity contribution is -0.123. The summed E-state index contributed by atoms with van der Waals surface area (Å²) in [6, 6.07) is 11.7. The number of anilines is 1. The van der Waals surface area contributed by atoms with Gasteiger partial charge in [0.2, 0.25) is 5.91 Å². The maximum Gasteiger partial charge on any atom is 0.234 e. The second kappa shape index (κ2) is 8.91. The van der Waals surface area contributed by atoms with Crippen LogP contribution >= 0.6 is 23.2 Å². The molecule has 7 heteroatoms. The number of piperazine rings is 1. The fraction of sp³-hybridized carbons (Fsp3) is 0.350. The number of nitrogens with one attached hydrogen (secondary N) is 1. The van der Waals surface area contributed by atoms with Gasteiger partial charge in [0.05, 0.1) is 22.6 Å². The first-order valence-electron chi connectivity index (χ1n) is 8.89. The lowest BCUT2D eigenvalue weighted by Gasteiger charge is -2.35. The summed E-state index contributed by atoms with van der Waals surface area (Å²) in [6.45, 7) is 5.45. The van der Waals surface area contributed by atoms with Gasteiger partial charge in [0.25, 0.3) is 0 Å². The van der Waals surface area contributed by atoms with Crippen molar-refractivity contribution in [2.24, 2.45) is 0 Å². The van der Waals surface area contributed by atoms with E-state index in [9.17, 15) is 9.18 Å². The van der Waals surface area contributed by atoms with Crippen LogP contribution in [0, 0.1) is 5.82 Å². The van der Waals surface area contributed by atoms with Crippen LogP contribution in [0.4, 0.5) is 10.1 Å². The van der Waals surface area contributed by atoms with Gasteiger partial charge in [-0.25, -0.2) is 4.39 Å². The maximum atomic E-state index is 13.0. The van der Waals surface area contributed by atoms with Crippen LogP contribution in [0.1, 0.15) is 18.5 Å². The summed E-state index contributed by atoms with van der Waals surface area (Å²) in [6.07, 6.45) is 0. The van der Waals surface area contributed by atoms with E-state index in [-0.39, 0.29) is 17.8 Å². The third kappa shape index (κ3) is 5.34. The van der Waals surface area contributed by atoms with Crippen molar-refractivity contribution in [3.05, 3.63) is 63.9 Å². The summed E-state index contributed by atoms with van der Waals surface area (Å²) >= 11 is 12.0. The Labute approximate surface area is 168 Å². The summed E-state index contributed by atoms with van der Waals surface area (Å²) in [7, 11) is 0. The van der Waals surface area contributed by atoms with Crippen molar-refractivity contribution in [3.8, 4) is 0 Å². The van der Waals surface area contributed by atoms with Gasteiger partial charge in [0.15, 0.2) is 0 Å². The van der Waals surface area contributed by atoms with Crippen molar-refractivity contribution in [2.75, 3.05) is 37.6 Å². The van der Waals surface area contributed by atoms with E-state index in [0.717, 1.165) is 37.4 Å². The van der Waals surface area contributed by atoms with Crippen LogP contribution in [-0.2, 0) is 4.79 Å². The third-order valence-corrected chi connectivity index (χ3v) is 5.49. The second-order valence-corrected chi connectivity index (χ2v) is 7.52. The zero-order chi connectivity index (χ0) is 19.4. The van der Waals surface area contributed by atoms with Crippen LogP contribution in [0.15, 0.2) is 42.5 Å². The summed E-state index contributed by atoms with van der Waals surface area (Å²) in [5.41, 5.74) is 1.92. The Kier molecular flexibility index (Phi) is 6.58. The summed E-state index contributed by atoms with van der Waals surface area (Å²) in [5.74, 6) is -0.256.